The van der Waals surface area contributed by atoms with E-state index < -0.39 is 24.1 Å². The van der Waals surface area contributed by atoms with Gasteiger partial charge in [0.15, 0.2) is 11.6 Å². The number of nitrogens with one attached hydrogen (secondary N) is 1. The minimum Gasteiger partial charge on any atom is -0.406 e. The lowest BCUT2D eigenvalue weighted by atomic mass is 10.0. The maximum absolute atomic E-state index is 12.8. The average Bonchev–Trinajstić information content (AvgIpc) is 3.23. The third-order valence-electron chi connectivity index (χ3n) is 4.03. The number of pyridine rings is 1. The molecule has 0 saturated heterocycles. The van der Waals surface area contributed by atoms with Crippen LogP contribution >= 0.6 is 11.6 Å². The second kappa shape index (κ2) is 9.49. The molecule has 1 amide bonds. The van der Waals surface area contributed by atoms with Crippen LogP contribution in [0.1, 0.15) is 34.7 Å². The average molecular weight is 450 g/mol. The molecule has 7 nitrogen and oxygen atoms in total. The van der Waals surface area contributed by atoms with Crippen molar-refractivity contribution in [1.29, 1.82) is 0 Å². The van der Waals surface area contributed by atoms with Crippen LogP contribution in [0.2, 0.25) is 0 Å². The normalized spacial score (nSPS) is 11.9. The summed E-state index contributed by atoms with van der Waals surface area (Å²) in [6, 6.07) is 8.07. The Bertz CT molecular complexity index is 1120. The summed E-state index contributed by atoms with van der Waals surface area (Å²) >= 11 is 5.36. The zero-order chi connectivity index (χ0) is 22.4. The molecular formula is C20H15ClF3N5O2. The van der Waals surface area contributed by atoms with E-state index in [9.17, 15) is 18.0 Å². The molecule has 0 bridgehead atoms. The Hall–Kier alpha value is -3.58. The molecule has 0 aliphatic rings. The number of benzene rings is 1. The first-order valence-electron chi connectivity index (χ1n) is 8.88. The number of nitrogens with zero attached hydrogens (tertiary/aromatic N) is 4. The molecule has 1 N–H and O–H groups in total. The smallest absolute Gasteiger partial charge is 0.406 e. The maximum Gasteiger partial charge on any atom is 0.573 e. The summed E-state index contributed by atoms with van der Waals surface area (Å²) in [6.07, 6.45) is -1.77. The molecule has 0 fully saturated rings. The van der Waals surface area contributed by atoms with Crippen molar-refractivity contribution in [2.75, 3.05) is 0 Å². The van der Waals surface area contributed by atoms with Gasteiger partial charge in [-0.05, 0) is 48.4 Å². The molecule has 1 aromatic carbocycles. The van der Waals surface area contributed by atoms with Crippen molar-refractivity contribution in [3.63, 3.8) is 0 Å². The van der Waals surface area contributed by atoms with Gasteiger partial charge in [-0.15, -0.1) is 18.3 Å². The second-order valence-corrected chi connectivity index (χ2v) is 6.43. The van der Waals surface area contributed by atoms with Gasteiger partial charge in [-0.1, -0.05) is 18.1 Å². The Labute approximate surface area is 180 Å². The molecule has 0 saturated carbocycles. The molecule has 160 valence electrons. The Morgan fingerprint density at radius 2 is 2.10 bits per heavy atom. The van der Waals surface area contributed by atoms with Gasteiger partial charge in [0.1, 0.15) is 12.1 Å². The maximum atomic E-state index is 12.8. The van der Waals surface area contributed by atoms with Crippen molar-refractivity contribution in [3.05, 3.63) is 65.9 Å². The number of aromatic nitrogens is 4. The first-order chi connectivity index (χ1) is 14.8. The van der Waals surface area contributed by atoms with Crippen LogP contribution in [-0.4, -0.2) is 32.0 Å². The highest BCUT2D eigenvalue weighted by atomic mass is 35.5. The fourth-order valence-electron chi connectivity index (χ4n) is 2.66. The van der Waals surface area contributed by atoms with E-state index in [0.29, 0.717) is 17.2 Å². The molecule has 3 aromatic rings. The number of alkyl halides is 3. The standard InChI is InChI=1S/C20H15ClF3N5O2/c1-13(18-26-12-29(28-18)17-6-2-3-10-25-17)27-19(30)16-11-15(31-20(22,23)24)8-7-14(16)5-4-9-21/h2-3,6-8,10-13H,5H2,1H3,(H,27,30). The van der Waals surface area contributed by atoms with Gasteiger partial charge in [0.2, 0.25) is 0 Å². The van der Waals surface area contributed by atoms with Crippen LogP contribution in [0.3, 0.4) is 0 Å². The van der Waals surface area contributed by atoms with Gasteiger partial charge in [0.25, 0.3) is 5.91 Å². The van der Waals surface area contributed by atoms with Gasteiger partial charge in [0.05, 0.1) is 6.04 Å². The quantitative estimate of drug-likeness (QED) is 0.579. The van der Waals surface area contributed by atoms with E-state index in [4.69, 9.17) is 11.6 Å². The zero-order valence-electron chi connectivity index (χ0n) is 16.0. The first-order valence-corrected chi connectivity index (χ1v) is 9.25. The number of amides is 1. The van der Waals surface area contributed by atoms with E-state index in [1.807, 2.05) is 0 Å². The van der Waals surface area contributed by atoms with Gasteiger partial charge >= 0.3 is 6.36 Å². The topological polar surface area (TPSA) is 81.9 Å². The lowest BCUT2D eigenvalue weighted by Gasteiger charge is -2.15. The monoisotopic (exact) mass is 449 g/mol. The van der Waals surface area contributed by atoms with Gasteiger partial charge in [-0.2, -0.15) is 0 Å². The van der Waals surface area contributed by atoms with E-state index >= 15 is 0 Å². The summed E-state index contributed by atoms with van der Waals surface area (Å²) in [6.45, 7) is 1.64. The highest BCUT2D eigenvalue weighted by Gasteiger charge is 2.31. The third-order valence-corrected chi connectivity index (χ3v) is 4.17. The minimum absolute atomic E-state index is 0.0304. The lowest BCUT2D eigenvalue weighted by Crippen LogP contribution is -2.28. The van der Waals surface area contributed by atoms with Crippen molar-refractivity contribution in [1.82, 2.24) is 25.1 Å². The second-order valence-electron chi connectivity index (χ2n) is 6.25. The first kappa shape index (κ1) is 22.1. The van der Waals surface area contributed by atoms with Crippen molar-refractivity contribution >= 4 is 17.5 Å². The van der Waals surface area contributed by atoms with Gasteiger partial charge in [-0.3, -0.25) is 4.79 Å². The molecule has 3 rings (SSSR count). The van der Waals surface area contributed by atoms with Crippen molar-refractivity contribution in [3.8, 4) is 22.9 Å². The number of hydrogen-bond acceptors (Lipinski definition) is 5. The molecule has 1 unspecified atom stereocenters. The predicted octanol–water partition coefficient (Wildman–Crippen LogP) is 3.79. The summed E-state index contributed by atoms with van der Waals surface area (Å²) in [5, 5.41) is 9.12. The van der Waals surface area contributed by atoms with Crippen LogP contribution in [0.25, 0.3) is 5.82 Å². The molecule has 2 aromatic heterocycles. The number of rotatable bonds is 6. The minimum atomic E-state index is -4.89. The van der Waals surface area contributed by atoms with Crippen LogP contribution < -0.4 is 10.1 Å². The summed E-state index contributed by atoms with van der Waals surface area (Å²) in [7, 11) is 0. The Kier molecular flexibility index (Phi) is 6.77. The molecule has 1 atom stereocenters. The van der Waals surface area contributed by atoms with Gasteiger partial charge < -0.3 is 10.1 Å². The highest BCUT2D eigenvalue weighted by molar-refractivity contribution is 6.30. The fourth-order valence-corrected chi connectivity index (χ4v) is 2.73. The summed E-state index contributed by atoms with van der Waals surface area (Å²) in [5.41, 5.74) is 0.358. The summed E-state index contributed by atoms with van der Waals surface area (Å²) in [4.78, 5) is 21.1. The third kappa shape index (κ3) is 5.96. The van der Waals surface area contributed by atoms with Gasteiger partial charge in [0, 0.05) is 23.6 Å². The molecule has 2 heterocycles. The van der Waals surface area contributed by atoms with Crippen molar-refractivity contribution < 1.29 is 22.7 Å². The molecule has 0 radical (unpaired) electrons. The predicted molar refractivity (Wildman–Crippen MR) is 105 cm³/mol. The van der Waals surface area contributed by atoms with Gasteiger partial charge in [-0.25, -0.2) is 14.6 Å². The number of hydrogen-bond donors (Lipinski definition) is 1. The number of ether oxygens (including phenoxy) is 1. The largest absolute Gasteiger partial charge is 0.573 e. The molecule has 11 heteroatoms. The SMILES string of the molecule is CC(NC(=O)c1cc(OC(F)(F)F)ccc1CC#CCl)c1ncn(-c2ccccn2)n1. The molecule has 0 aliphatic carbocycles. The van der Waals surface area contributed by atoms with Crippen LogP contribution in [0.15, 0.2) is 48.9 Å². The fraction of sp³-hybridized carbons (Fsp3) is 0.200. The van der Waals surface area contributed by atoms with E-state index in [0.717, 1.165) is 12.1 Å². The Balaban J connectivity index is 1.81. The Morgan fingerprint density at radius 1 is 1.29 bits per heavy atom. The molecule has 0 aliphatic heterocycles. The van der Waals surface area contributed by atoms with Crippen molar-refractivity contribution in [2.24, 2.45) is 0 Å². The number of carbonyl (C=O) groups is 1. The highest BCUT2D eigenvalue weighted by Crippen LogP contribution is 2.26. The van der Waals surface area contributed by atoms with E-state index in [1.54, 1.807) is 31.3 Å². The summed E-state index contributed by atoms with van der Waals surface area (Å²) < 4.78 is 43.1. The summed E-state index contributed by atoms with van der Waals surface area (Å²) in [5.74, 6) is 2.25. The molecular weight excluding hydrogens is 435 g/mol. The van der Waals surface area contributed by atoms with Crippen LogP contribution in [0, 0.1) is 11.3 Å². The number of carbonyl (C=O) groups excluding carboxylic acids is 1. The van der Waals surface area contributed by atoms with E-state index in [1.165, 1.54) is 17.1 Å². The number of halogens is 4. The van der Waals surface area contributed by atoms with Crippen LogP contribution in [-0.2, 0) is 6.42 Å². The zero-order valence-corrected chi connectivity index (χ0v) is 16.8. The van der Waals surface area contributed by atoms with Crippen LogP contribution in [0.4, 0.5) is 13.2 Å². The van der Waals surface area contributed by atoms with E-state index in [-0.39, 0.29) is 12.0 Å². The van der Waals surface area contributed by atoms with E-state index in [2.05, 4.69) is 36.4 Å². The van der Waals surface area contributed by atoms with Crippen LogP contribution in [0.5, 0.6) is 5.75 Å². The Morgan fingerprint density at radius 3 is 2.77 bits per heavy atom. The van der Waals surface area contributed by atoms with Crippen molar-refractivity contribution in [2.45, 2.75) is 25.7 Å². The molecule has 31 heavy (non-hydrogen) atoms. The lowest BCUT2D eigenvalue weighted by molar-refractivity contribution is -0.274. The molecule has 0 spiro atoms.